The molecule has 0 aromatic heterocycles. The molecule has 1 unspecified atom stereocenters. The summed E-state index contributed by atoms with van der Waals surface area (Å²) < 4.78 is 0. The lowest BCUT2D eigenvalue weighted by Gasteiger charge is -2.09. The van der Waals surface area contributed by atoms with E-state index in [4.69, 9.17) is 0 Å². The van der Waals surface area contributed by atoms with Gasteiger partial charge in [-0.3, -0.25) is 0 Å². The Morgan fingerprint density at radius 2 is 1.00 bits per heavy atom. The van der Waals surface area contributed by atoms with Gasteiger partial charge in [0, 0.05) is 0 Å². The van der Waals surface area contributed by atoms with Crippen LogP contribution in [0.1, 0.15) is 82.1 Å². The molecule has 0 saturated carbocycles. The second-order valence-electron chi connectivity index (χ2n) is 3.14. The van der Waals surface area contributed by atoms with Crippen LogP contribution < -0.4 is 0 Å². The first-order valence-electron chi connectivity index (χ1n) is 6.66. The fraction of sp³-hybridized carbons (Fsp3) is 1.00. The van der Waals surface area contributed by atoms with Crippen molar-refractivity contribution in [3.63, 3.8) is 0 Å². The van der Waals surface area contributed by atoms with E-state index in [-0.39, 0.29) is 0 Å². The molecule has 0 aliphatic carbocycles. The van der Waals surface area contributed by atoms with Crippen LogP contribution in [-0.2, 0) is 0 Å². The van der Waals surface area contributed by atoms with Gasteiger partial charge in [-0.15, -0.1) is 0 Å². The van der Waals surface area contributed by atoms with E-state index in [1.807, 2.05) is 41.5 Å². The fourth-order valence-corrected chi connectivity index (χ4v) is 0.971. The van der Waals surface area contributed by atoms with Gasteiger partial charge in [0.05, 0.1) is 0 Å². The van der Waals surface area contributed by atoms with Crippen molar-refractivity contribution in [1.29, 1.82) is 0 Å². The van der Waals surface area contributed by atoms with Crippen molar-refractivity contribution in [1.82, 2.24) is 0 Å². The van der Waals surface area contributed by atoms with Gasteiger partial charge in [0.1, 0.15) is 0 Å². The molecule has 0 saturated heterocycles. The Morgan fingerprint density at radius 3 is 1.07 bits per heavy atom. The van der Waals surface area contributed by atoms with Gasteiger partial charge in [-0.25, -0.2) is 0 Å². The molecule has 14 heavy (non-hydrogen) atoms. The third kappa shape index (κ3) is 40.3. The van der Waals surface area contributed by atoms with Gasteiger partial charge in [-0.1, -0.05) is 75.7 Å². The summed E-state index contributed by atoms with van der Waals surface area (Å²) >= 11 is 0. The standard InChI is InChI=1S/C8H18.3C2H6/c1-5-8(4)6-7(2)3;3*1-2/h7-8H,5-6H2,1-4H3;3*1-2H3. The van der Waals surface area contributed by atoms with Crippen LogP contribution in [0, 0.1) is 11.8 Å². The second kappa shape index (κ2) is 29.2. The van der Waals surface area contributed by atoms with E-state index in [9.17, 15) is 0 Å². The van der Waals surface area contributed by atoms with Crippen molar-refractivity contribution in [2.45, 2.75) is 82.1 Å². The lowest BCUT2D eigenvalue weighted by molar-refractivity contribution is 0.429. The molecule has 0 spiro atoms. The molecule has 0 fully saturated rings. The van der Waals surface area contributed by atoms with Gasteiger partial charge in [0.15, 0.2) is 0 Å². The summed E-state index contributed by atoms with van der Waals surface area (Å²) in [7, 11) is 0. The maximum Gasteiger partial charge on any atom is -0.0443 e. The first-order valence-corrected chi connectivity index (χ1v) is 6.66. The topological polar surface area (TPSA) is 0 Å². The van der Waals surface area contributed by atoms with Crippen LogP contribution >= 0.6 is 0 Å². The van der Waals surface area contributed by atoms with Crippen LogP contribution in [0.4, 0.5) is 0 Å². The molecule has 0 rings (SSSR count). The van der Waals surface area contributed by atoms with E-state index in [2.05, 4.69) is 27.7 Å². The molecule has 0 aromatic carbocycles. The van der Waals surface area contributed by atoms with Gasteiger partial charge in [-0.2, -0.15) is 0 Å². The predicted octanol–water partition coefficient (Wildman–Crippen LogP) is 6.16. The minimum absolute atomic E-state index is 0.880. The maximum atomic E-state index is 2.32. The van der Waals surface area contributed by atoms with Gasteiger partial charge >= 0.3 is 0 Å². The second-order valence-corrected chi connectivity index (χ2v) is 3.14. The van der Waals surface area contributed by atoms with E-state index in [1.165, 1.54) is 12.8 Å². The summed E-state index contributed by atoms with van der Waals surface area (Å²) in [6.07, 6.45) is 2.72. The predicted molar refractivity (Wildman–Crippen MR) is 73.0 cm³/mol. The summed E-state index contributed by atoms with van der Waals surface area (Å²) in [5.74, 6) is 1.81. The monoisotopic (exact) mass is 204 g/mol. The van der Waals surface area contributed by atoms with Gasteiger partial charge in [0.25, 0.3) is 0 Å². The zero-order chi connectivity index (χ0) is 12.6. The minimum Gasteiger partial charge on any atom is -0.0683 e. The molecule has 0 aliphatic rings. The molecule has 0 N–H and O–H groups in total. The molecule has 92 valence electrons. The Morgan fingerprint density at radius 1 is 0.714 bits per heavy atom. The summed E-state index contributed by atoms with van der Waals surface area (Å²) in [5, 5.41) is 0. The third-order valence-electron chi connectivity index (χ3n) is 1.57. The van der Waals surface area contributed by atoms with E-state index >= 15 is 0 Å². The van der Waals surface area contributed by atoms with E-state index in [0.29, 0.717) is 0 Å². The average Bonchev–Trinajstić information content (AvgIpc) is 2.25. The maximum absolute atomic E-state index is 2.32. The SMILES string of the molecule is CC.CC.CC.CCC(C)CC(C)C. The van der Waals surface area contributed by atoms with E-state index in [1.54, 1.807) is 0 Å². The van der Waals surface area contributed by atoms with Crippen molar-refractivity contribution < 1.29 is 0 Å². The summed E-state index contributed by atoms with van der Waals surface area (Å²) in [6.45, 7) is 21.1. The van der Waals surface area contributed by atoms with Gasteiger partial charge in [-0.05, 0) is 18.3 Å². The van der Waals surface area contributed by atoms with Crippen LogP contribution in [0.3, 0.4) is 0 Å². The quantitative estimate of drug-likeness (QED) is 0.516. The summed E-state index contributed by atoms with van der Waals surface area (Å²) in [6, 6.07) is 0. The van der Waals surface area contributed by atoms with E-state index in [0.717, 1.165) is 11.8 Å². The summed E-state index contributed by atoms with van der Waals surface area (Å²) in [5.41, 5.74) is 0. The number of rotatable bonds is 3. The Balaban J connectivity index is -0.0000000708. The van der Waals surface area contributed by atoms with E-state index < -0.39 is 0 Å². The number of hydrogen-bond donors (Lipinski definition) is 0. The van der Waals surface area contributed by atoms with Gasteiger partial charge in [0.2, 0.25) is 0 Å². The lowest BCUT2D eigenvalue weighted by Crippen LogP contribution is -1.97. The zero-order valence-corrected chi connectivity index (χ0v) is 12.6. The van der Waals surface area contributed by atoms with Crippen molar-refractivity contribution in [3.8, 4) is 0 Å². The highest BCUT2D eigenvalue weighted by Crippen LogP contribution is 2.12. The highest BCUT2D eigenvalue weighted by Gasteiger charge is 2.00. The highest BCUT2D eigenvalue weighted by atomic mass is 14.1. The smallest absolute Gasteiger partial charge is 0.0443 e. The van der Waals surface area contributed by atoms with Crippen LogP contribution in [0.5, 0.6) is 0 Å². The molecular weight excluding hydrogens is 168 g/mol. The molecule has 0 heteroatoms. The average molecular weight is 204 g/mol. The molecule has 0 amide bonds. The Bertz CT molecular complexity index is 46.0. The van der Waals surface area contributed by atoms with Crippen LogP contribution in [0.2, 0.25) is 0 Å². The van der Waals surface area contributed by atoms with Crippen molar-refractivity contribution in [2.75, 3.05) is 0 Å². The lowest BCUT2D eigenvalue weighted by atomic mass is 9.97. The minimum atomic E-state index is 0.880. The molecule has 0 aliphatic heterocycles. The van der Waals surface area contributed by atoms with Crippen molar-refractivity contribution >= 4 is 0 Å². The zero-order valence-electron chi connectivity index (χ0n) is 12.6. The first kappa shape index (κ1) is 23.7. The molecule has 1 atom stereocenters. The molecule has 0 heterocycles. The molecule has 0 aromatic rings. The Labute approximate surface area is 94.5 Å². The van der Waals surface area contributed by atoms with Crippen LogP contribution in [0.15, 0.2) is 0 Å². The number of hydrogen-bond acceptors (Lipinski definition) is 0. The fourth-order valence-electron chi connectivity index (χ4n) is 0.971. The first-order chi connectivity index (χ1) is 6.66. The molecule has 0 radical (unpaired) electrons. The summed E-state index contributed by atoms with van der Waals surface area (Å²) in [4.78, 5) is 0. The van der Waals surface area contributed by atoms with Crippen LogP contribution in [0.25, 0.3) is 0 Å². The van der Waals surface area contributed by atoms with Gasteiger partial charge < -0.3 is 0 Å². The largest absolute Gasteiger partial charge is 0.0683 e. The molecule has 0 bridgehead atoms. The van der Waals surface area contributed by atoms with Crippen molar-refractivity contribution in [3.05, 3.63) is 0 Å². The third-order valence-corrected chi connectivity index (χ3v) is 1.57. The normalized spacial score (nSPS) is 9.64. The highest BCUT2D eigenvalue weighted by molar-refractivity contribution is 4.52. The Kier molecular flexibility index (Phi) is 49.4. The van der Waals surface area contributed by atoms with Crippen LogP contribution in [-0.4, -0.2) is 0 Å². The molecule has 0 nitrogen and oxygen atoms in total. The van der Waals surface area contributed by atoms with Crippen molar-refractivity contribution in [2.24, 2.45) is 11.8 Å². The Hall–Kier alpha value is 0. The molecular formula is C14H36.